The lowest BCUT2D eigenvalue weighted by atomic mass is 10.00. The van der Waals surface area contributed by atoms with E-state index in [-0.39, 0.29) is 22.7 Å². The van der Waals surface area contributed by atoms with Gasteiger partial charge in [-0.05, 0) is 41.8 Å². The van der Waals surface area contributed by atoms with E-state index in [0.717, 1.165) is 0 Å². The molecule has 0 saturated carbocycles. The molecule has 0 saturated heterocycles. The lowest BCUT2D eigenvalue weighted by molar-refractivity contribution is 0.0601. The summed E-state index contributed by atoms with van der Waals surface area (Å²) in [6, 6.07) is 7.82. The van der Waals surface area contributed by atoms with Crippen molar-refractivity contribution in [3.63, 3.8) is 0 Å². The van der Waals surface area contributed by atoms with E-state index in [1.165, 1.54) is 43.5 Å². The van der Waals surface area contributed by atoms with Crippen LogP contribution in [0.2, 0.25) is 0 Å². The monoisotopic (exact) mass is 337 g/mol. The molecule has 3 nitrogen and oxygen atoms in total. The summed E-state index contributed by atoms with van der Waals surface area (Å²) in [5, 5.41) is 2.96. The Bertz CT molecular complexity index is 745. The highest BCUT2D eigenvalue weighted by Crippen LogP contribution is 2.32. The molecule has 0 atom stereocenters. The Hall–Kier alpha value is -2.50. The zero-order valence-corrected chi connectivity index (χ0v) is 13.6. The molecule has 0 fully saturated rings. The predicted molar refractivity (Wildman–Crippen MR) is 86.5 cm³/mol. The van der Waals surface area contributed by atoms with Crippen LogP contribution >= 0.6 is 0 Å². The van der Waals surface area contributed by atoms with E-state index >= 15 is 0 Å². The summed E-state index contributed by atoms with van der Waals surface area (Å²) >= 11 is 0. The van der Waals surface area contributed by atoms with Crippen LogP contribution in [0.15, 0.2) is 36.4 Å². The topological polar surface area (TPSA) is 38.3 Å². The van der Waals surface area contributed by atoms with Crippen LogP contribution in [0.3, 0.4) is 0 Å². The average molecular weight is 337 g/mol. The second-order valence-electron chi connectivity index (χ2n) is 5.61. The van der Waals surface area contributed by atoms with E-state index in [1.54, 1.807) is 0 Å². The number of hydrogen-bond donors (Lipinski definition) is 1. The van der Waals surface area contributed by atoms with Crippen LogP contribution in [-0.2, 0) is 4.74 Å². The van der Waals surface area contributed by atoms with Crippen LogP contribution in [-0.4, -0.2) is 13.1 Å². The largest absolute Gasteiger partial charge is 0.465 e. The number of carbonyl (C=O) groups is 1. The normalized spacial score (nSPS) is 11.0. The molecule has 0 unspecified atom stereocenters. The van der Waals surface area contributed by atoms with E-state index in [9.17, 15) is 18.0 Å². The molecule has 0 aliphatic rings. The van der Waals surface area contributed by atoms with Gasteiger partial charge >= 0.3 is 5.97 Å². The zero-order valence-electron chi connectivity index (χ0n) is 13.6. The molecule has 128 valence electrons. The zero-order chi connectivity index (χ0) is 17.9. The summed E-state index contributed by atoms with van der Waals surface area (Å²) in [6.07, 6.45) is -2.67. The number of alkyl halides is 2. The minimum Gasteiger partial charge on any atom is -0.465 e. The SMILES string of the molecule is COC(=O)c1ccc(C(F)F)cc1Nc1ccc(F)cc1C(C)C. The van der Waals surface area contributed by atoms with Gasteiger partial charge in [-0.15, -0.1) is 0 Å². The second-order valence-corrected chi connectivity index (χ2v) is 5.61. The molecule has 0 heterocycles. The summed E-state index contributed by atoms with van der Waals surface area (Å²) in [5.74, 6) is -1.03. The fraction of sp³-hybridized carbons (Fsp3) is 0.278. The first kappa shape index (κ1) is 17.8. The molecule has 6 heteroatoms. The van der Waals surface area contributed by atoms with Gasteiger partial charge in [-0.25, -0.2) is 18.0 Å². The van der Waals surface area contributed by atoms with Crippen molar-refractivity contribution < 1.29 is 22.7 Å². The molecule has 0 aliphatic heterocycles. The van der Waals surface area contributed by atoms with Crippen molar-refractivity contribution in [2.24, 2.45) is 0 Å². The van der Waals surface area contributed by atoms with Crippen molar-refractivity contribution in [3.05, 3.63) is 58.9 Å². The summed E-state index contributed by atoms with van der Waals surface area (Å²) in [7, 11) is 1.21. The minimum atomic E-state index is -2.67. The second kappa shape index (κ2) is 7.38. The number of anilines is 2. The maximum Gasteiger partial charge on any atom is 0.339 e. The number of hydrogen-bond acceptors (Lipinski definition) is 3. The maximum absolute atomic E-state index is 13.5. The van der Waals surface area contributed by atoms with E-state index in [2.05, 4.69) is 10.1 Å². The van der Waals surface area contributed by atoms with E-state index < -0.39 is 18.2 Å². The number of carbonyl (C=O) groups excluding carboxylic acids is 1. The number of benzene rings is 2. The van der Waals surface area contributed by atoms with Crippen molar-refractivity contribution in [1.29, 1.82) is 0 Å². The fourth-order valence-corrected chi connectivity index (χ4v) is 2.36. The minimum absolute atomic E-state index is 0.00283. The molecular weight excluding hydrogens is 319 g/mol. The van der Waals surface area contributed by atoms with Crippen LogP contribution in [0.1, 0.15) is 47.7 Å². The van der Waals surface area contributed by atoms with Crippen molar-refractivity contribution in [1.82, 2.24) is 0 Å². The fourth-order valence-electron chi connectivity index (χ4n) is 2.36. The number of rotatable bonds is 5. The number of halogens is 3. The predicted octanol–water partition coefficient (Wildman–Crippen LogP) is 5.42. The Morgan fingerprint density at radius 2 is 1.79 bits per heavy atom. The van der Waals surface area contributed by atoms with Crippen molar-refractivity contribution in [3.8, 4) is 0 Å². The van der Waals surface area contributed by atoms with E-state index in [0.29, 0.717) is 11.3 Å². The number of methoxy groups -OCH3 is 1. The Kier molecular flexibility index (Phi) is 5.49. The maximum atomic E-state index is 13.5. The standard InChI is InChI=1S/C18H18F3NO2/c1-10(2)14-9-12(19)5-7-15(14)22-16-8-11(17(20)21)4-6-13(16)18(23)24-3/h4-10,17,22H,1-3H3. The Morgan fingerprint density at radius 3 is 2.38 bits per heavy atom. The van der Waals surface area contributed by atoms with Crippen LogP contribution in [0.5, 0.6) is 0 Å². The van der Waals surface area contributed by atoms with Crippen molar-refractivity contribution in [2.75, 3.05) is 12.4 Å². The van der Waals surface area contributed by atoms with Gasteiger partial charge in [0.25, 0.3) is 6.43 Å². The van der Waals surface area contributed by atoms with Crippen LogP contribution < -0.4 is 5.32 Å². The molecule has 24 heavy (non-hydrogen) atoms. The average Bonchev–Trinajstić information content (AvgIpc) is 2.55. The van der Waals surface area contributed by atoms with E-state index in [1.807, 2.05) is 13.8 Å². The number of nitrogens with one attached hydrogen (secondary N) is 1. The lowest BCUT2D eigenvalue weighted by Gasteiger charge is -2.17. The van der Waals surface area contributed by atoms with Gasteiger partial charge in [0.2, 0.25) is 0 Å². The molecule has 0 spiro atoms. The summed E-state index contributed by atoms with van der Waals surface area (Å²) < 4.78 is 44.1. The Morgan fingerprint density at radius 1 is 1.08 bits per heavy atom. The highest BCUT2D eigenvalue weighted by Gasteiger charge is 2.17. The quantitative estimate of drug-likeness (QED) is 0.741. The van der Waals surface area contributed by atoms with Gasteiger partial charge in [0.1, 0.15) is 5.82 Å². The molecule has 2 aromatic rings. The molecule has 1 N–H and O–H groups in total. The third kappa shape index (κ3) is 3.88. The van der Waals surface area contributed by atoms with E-state index in [4.69, 9.17) is 0 Å². The molecule has 2 aromatic carbocycles. The molecule has 2 rings (SSSR count). The molecule has 0 aromatic heterocycles. The first-order valence-electron chi connectivity index (χ1n) is 7.40. The van der Waals surface area contributed by atoms with Crippen LogP contribution in [0.25, 0.3) is 0 Å². The third-order valence-electron chi connectivity index (χ3n) is 3.61. The van der Waals surface area contributed by atoms with Gasteiger partial charge in [-0.1, -0.05) is 19.9 Å². The third-order valence-corrected chi connectivity index (χ3v) is 3.61. The van der Waals surface area contributed by atoms with Gasteiger partial charge in [-0.2, -0.15) is 0 Å². The molecule has 0 bridgehead atoms. The Labute approximate surface area is 138 Å². The summed E-state index contributed by atoms with van der Waals surface area (Å²) in [5.41, 5.74) is 1.31. The summed E-state index contributed by atoms with van der Waals surface area (Å²) in [4.78, 5) is 11.9. The highest BCUT2D eigenvalue weighted by molar-refractivity contribution is 5.96. The summed E-state index contributed by atoms with van der Waals surface area (Å²) in [6.45, 7) is 3.77. The molecule has 0 aliphatic carbocycles. The van der Waals surface area contributed by atoms with Crippen LogP contribution in [0, 0.1) is 5.82 Å². The van der Waals surface area contributed by atoms with Gasteiger partial charge in [0, 0.05) is 11.3 Å². The first-order chi connectivity index (χ1) is 11.3. The molecular formula is C18H18F3NO2. The molecule has 0 amide bonds. The Balaban J connectivity index is 2.51. The lowest BCUT2D eigenvalue weighted by Crippen LogP contribution is -2.08. The van der Waals surface area contributed by atoms with Gasteiger partial charge in [0.15, 0.2) is 0 Å². The number of ether oxygens (including phenoxy) is 1. The first-order valence-corrected chi connectivity index (χ1v) is 7.40. The van der Waals surface area contributed by atoms with Crippen molar-refractivity contribution in [2.45, 2.75) is 26.2 Å². The highest BCUT2D eigenvalue weighted by atomic mass is 19.3. The molecule has 0 radical (unpaired) electrons. The van der Waals surface area contributed by atoms with Crippen LogP contribution in [0.4, 0.5) is 24.5 Å². The van der Waals surface area contributed by atoms with Gasteiger partial charge < -0.3 is 10.1 Å². The number of esters is 1. The van der Waals surface area contributed by atoms with Crippen molar-refractivity contribution >= 4 is 17.3 Å². The van der Waals surface area contributed by atoms with Gasteiger partial charge in [0.05, 0.1) is 18.4 Å². The van der Waals surface area contributed by atoms with Gasteiger partial charge in [-0.3, -0.25) is 0 Å². The smallest absolute Gasteiger partial charge is 0.339 e.